The number of aliphatic hydroxyl groups excluding tert-OH is 7. The second-order valence-electron chi connectivity index (χ2n) is 4.09. The van der Waals surface area contributed by atoms with Crippen LogP contribution in [0.5, 0.6) is 0 Å². The third-order valence-electron chi connectivity index (χ3n) is 2.85. The van der Waals surface area contributed by atoms with Gasteiger partial charge in [0.1, 0.15) is 12.5 Å². The van der Waals surface area contributed by atoms with Crippen molar-refractivity contribution in [1.82, 2.24) is 4.90 Å². The Balaban J connectivity index is 5.14. The van der Waals surface area contributed by atoms with Gasteiger partial charge in [0.15, 0.2) is 0 Å². The number of nitrogens with zero attached hydrogens (tertiary/aromatic N) is 1. The average Bonchev–Trinajstić information content (AvgIpc) is 2.36. The van der Waals surface area contributed by atoms with Gasteiger partial charge in [-0.05, 0) is 0 Å². The largest absolute Gasteiger partial charge is 0.396 e. The van der Waals surface area contributed by atoms with Crippen LogP contribution >= 0.6 is 0 Å². The molecule has 18 heavy (non-hydrogen) atoms. The lowest BCUT2D eigenvalue weighted by molar-refractivity contribution is -0.199. The Labute approximate surface area is 105 Å². The van der Waals surface area contributed by atoms with Gasteiger partial charge in [0.05, 0.1) is 25.4 Å². The molecule has 0 aromatic rings. The summed E-state index contributed by atoms with van der Waals surface area (Å²) in [5, 5.41) is 65.0. The molecule has 0 aliphatic rings. The Morgan fingerprint density at radius 3 is 1.28 bits per heavy atom. The smallest absolute Gasteiger partial charge is 0.112 e. The topological polar surface area (TPSA) is 145 Å². The van der Waals surface area contributed by atoms with Crippen LogP contribution in [0.1, 0.15) is 12.8 Å². The summed E-state index contributed by atoms with van der Waals surface area (Å²) >= 11 is 0. The van der Waals surface area contributed by atoms with Crippen molar-refractivity contribution in [2.75, 3.05) is 33.0 Å². The maximum atomic E-state index is 9.83. The average molecular weight is 269 g/mol. The fraction of sp³-hybridized carbons (Fsp3) is 1.00. The molecule has 0 aromatic heterocycles. The molecule has 0 saturated carbocycles. The summed E-state index contributed by atoms with van der Waals surface area (Å²) in [5.41, 5.74) is -1.64. The van der Waals surface area contributed by atoms with Gasteiger partial charge in [-0.1, -0.05) is 0 Å². The molecule has 0 saturated heterocycles. The van der Waals surface area contributed by atoms with Gasteiger partial charge in [-0.25, -0.2) is 4.90 Å². The van der Waals surface area contributed by atoms with E-state index >= 15 is 0 Å². The molecule has 110 valence electrons. The van der Waals surface area contributed by atoms with Gasteiger partial charge in [-0.15, -0.1) is 0 Å². The van der Waals surface area contributed by atoms with Crippen molar-refractivity contribution in [2.24, 2.45) is 0 Å². The molecular formula is C10H23NO7. The molecule has 0 bridgehead atoms. The van der Waals surface area contributed by atoms with Gasteiger partial charge in [0, 0.05) is 26.1 Å². The van der Waals surface area contributed by atoms with Gasteiger partial charge < -0.3 is 35.7 Å². The minimum Gasteiger partial charge on any atom is -0.396 e. The van der Waals surface area contributed by atoms with Crippen LogP contribution in [-0.2, 0) is 0 Å². The Morgan fingerprint density at radius 2 is 1.06 bits per heavy atom. The zero-order valence-electron chi connectivity index (χ0n) is 10.2. The van der Waals surface area contributed by atoms with Crippen LogP contribution in [0.25, 0.3) is 0 Å². The summed E-state index contributed by atoms with van der Waals surface area (Å²) in [4.78, 5) is 0.902. The maximum absolute atomic E-state index is 9.83. The Bertz CT molecular complexity index is 192. The minimum atomic E-state index is -1.64. The Morgan fingerprint density at radius 1 is 0.722 bits per heavy atom. The quantitative estimate of drug-likeness (QED) is 0.201. The van der Waals surface area contributed by atoms with E-state index in [0.717, 1.165) is 4.90 Å². The lowest BCUT2D eigenvalue weighted by atomic mass is 9.98. The summed E-state index contributed by atoms with van der Waals surface area (Å²) in [5.74, 6) is 0. The molecule has 2 unspecified atom stereocenters. The third kappa shape index (κ3) is 4.11. The first kappa shape index (κ1) is 17.7. The fourth-order valence-corrected chi connectivity index (χ4v) is 1.73. The zero-order chi connectivity index (χ0) is 14.2. The van der Waals surface area contributed by atoms with Crippen molar-refractivity contribution >= 4 is 0 Å². The van der Waals surface area contributed by atoms with Gasteiger partial charge >= 0.3 is 0 Å². The highest BCUT2D eigenvalue weighted by Crippen LogP contribution is 2.22. The molecule has 2 atom stereocenters. The van der Waals surface area contributed by atoms with Gasteiger partial charge in [0.2, 0.25) is 0 Å². The van der Waals surface area contributed by atoms with Crippen molar-refractivity contribution < 1.29 is 35.7 Å². The first-order valence-corrected chi connectivity index (χ1v) is 5.71. The molecule has 0 aliphatic heterocycles. The second-order valence-corrected chi connectivity index (χ2v) is 4.09. The van der Waals surface area contributed by atoms with E-state index in [1.165, 1.54) is 0 Å². The Hall–Kier alpha value is -0.320. The van der Waals surface area contributed by atoms with Crippen LogP contribution in [0.4, 0.5) is 0 Å². The normalized spacial score (nSPS) is 16.0. The third-order valence-corrected chi connectivity index (χ3v) is 2.85. The standard InChI is InChI=1S/C10H23NO7/c12-3-1-8(17)11(9(18)2-4-13)10(5-14,6-15)7-16/h8-9,12-18H,1-7H2. The highest BCUT2D eigenvalue weighted by atomic mass is 16.3. The van der Waals surface area contributed by atoms with E-state index in [0.29, 0.717) is 0 Å². The highest BCUT2D eigenvalue weighted by Gasteiger charge is 2.42. The number of rotatable bonds is 10. The van der Waals surface area contributed by atoms with Crippen molar-refractivity contribution in [3.05, 3.63) is 0 Å². The van der Waals surface area contributed by atoms with Gasteiger partial charge in [-0.2, -0.15) is 0 Å². The summed E-state index contributed by atoms with van der Waals surface area (Å²) in [7, 11) is 0. The maximum Gasteiger partial charge on any atom is 0.112 e. The number of aliphatic hydroxyl groups is 7. The monoisotopic (exact) mass is 269 g/mol. The number of hydrogen-bond acceptors (Lipinski definition) is 8. The van der Waals surface area contributed by atoms with E-state index in [4.69, 9.17) is 10.2 Å². The van der Waals surface area contributed by atoms with Crippen molar-refractivity contribution in [2.45, 2.75) is 30.8 Å². The molecule has 0 amide bonds. The van der Waals surface area contributed by atoms with E-state index in [-0.39, 0.29) is 26.1 Å². The van der Waals surface area contributed by atoms with E-state index in [1.54, 1.807) is 0 Å². The van der Waals surface area contributed by atoms with Crippen LogP contribution in [-0.4, -0.2) is 91.7 Å². The van der Waals surface area contributed by atoms with Crippen LogP contribution in [0.3, 0.4) is 0 Å². The SMILES string of the molecule is OCCC(O)N(C(O)CCO)C(CO)(CO)CO. The molecule has 0 radical (unpaired) electrons. The van der Waals surface area contributed by atoms with Crippen LogP contribution in [0.15, 0.2) is 0 Å². The van der Waals surface area contributed by atoms with Crippen molar-refractivity contribution in [3.8, 4) is 0 Å². The van der Waals surface area contributed by atoms with Gasteiger partial charge in [0.25, 0.3) is 0 Å². The molecule has 0 fully saturated rings. The number of hydrogen-bond donors (Lipinski definition) is 7. The molecule has 0 aliphatic carbocycles. The fourth-order valence-electron chi connectivity index (χ4n) is 1.73. The summed E-state index contributed by atoms with van der Waals surface area (Å²) in [6.07, 6.45) is -3.01. The lowest BCUT2D eigenvalue weighted by Gasteiger charge is -2.45. The molecule has 0 heterocycles. The van der Waals surface area contributed by atoms with E-state index in [2.05, 4.69) is 0 Å². The minimum absolute atomic E-state index is 0.135. The Kier molecular flexibility index (Phi) is 8.57. The summed E-state index contributed by atoms with van der Waals surface area (Å²) in [6, 6.07) is 0. The van der Waals surface area contributed by atoms with Crippen molar-refractivity contribution in [3.63, 3.8) is 0 Å². The second kappa shape index (κ2) is 8.73. The van der Waals surface area contributed by atoms with Crippen LogP contribution < -0.4 is 0 Å². The first-order chi connectivity index (χ1) is 8.52. The highest BCUT2D eigenvalue weighted by molar-refractivity contribution is 4.92. The predicted molar refractivity (Wildman–Crippen MR) is 61.2 cm³/mol. The summed E-state index contributed by atoms with van der Waals surface area (Å²) in [6.45, 7) is -2.86. The van der Waals surface area contributed by atoms with E-state index in [1.807, 2.05) is 0 Å². The molecule has 7 N–H and O–H groups in total. The summed E-state index contributed by atoms with van der Waals surface area (Å²) < 4.78 is 0. The zero-order valence-corrected chi connectivity index (χ0v) is 10.2. The molecular weight excluding hydrogens is 246 g/mol. The molecule has 0 aromatic carbocycles. The molecule has 0 spiro atoms. The van der Waals surface area contributed by atoms with Crippen molar-refractivity contribution in [1.29, 1.82) is 0 Å². The molecule has 0 rings (SSSR count). The van der Waals surface area contributed by atoms with Gasteiger partial charge in [-0.3, -0.25) is 0 Å². The predicted octanol–water partition coefficient (Wildman–Crippen LogP) is -3.59. The lowest BCUT2D eigenvalue weighted by Crippen LogP contribution is -2.64. The molecule has 8 heteroatoms. The van der Waals surface area contributed by atoms with E-state index < -0.39 is 37.8 Å². The van der Waals surface area contributed by atoms with Crippen LogP contribution in [0, 0.1) is 0 Å². The molecule has 8 nitrogen and oxygen atoms in total. The first-order valence-electron chi connectivity index (χ1n) is 5.71. The van der Waals surface area contributed by atoms with E-state index in [9.17, 15) is 25.5 Å². The van der Waals surface area contributed by atoms with Crippen LogP contribution in [0.2, 0.25) is 0 Å².